The maximum Gasteiger partial charge on any atom is 0.310 e. The number of carbonyl (C=O) groups excluding carboxylic acids is 1. The Morgan fingerprint density at radius 2 is 1.65 bits per heavy atom. The fourth-order valence-electron chi connectivity index (χ4n) is 2.84. The number of benzene rings is 3. The summed E-state index contributed by atoms with van der Waals surface area (Å²) < 4.78 is 10.6. The molecule has 0 atom stereocenters. The third-order valence-corrected chi connectivity index (χ3v) is 4.16. The Kier molecular flexibility index (Phi) is 4.48. The van der Waals surface area contributed by atoms with Gasteiger partial charge in [-0.2, -0.15) is 0 Å². The zero-order valence-corrected chi connectivity index (χ0v) is 14.1. The van der Waals surface area contributed by atoms with Gasteiger partial charge in [0.1, 0.15) is 12.3 Å². The van der Waals surface area contributed by atoms with Crippen LogP contribution in [-0.4, -0.2) is 11.1 Å². The molecular weight excluding hydrogens is 326 g/mol. The third-order valence-electron chi connectivity index (χ3n) is 4.16. The normalized spacial score (nSPS) is 10.8. The predicted molar refractivity (Wildman–Crippen MR) is 99.4 cm³/mol. The van der Waals surface area contributed by atoms with Crippen molar-refractivity contribution in [1.82, 2.24) is 5.16 Å². The highest BCUT2D eigenvalue weighted by atomic mass is 16.5. The zero-order chi connectivity index (χ0) is 17.8. The van der Waals surface area contributed by atoms with E-state index in [1.807, 2.05) is 72.8 Å². The van der Waals surface area contributed by atoms with Crippen molar-refractivity contribution in [1.29, 1.82) is 0 Å². The van der Waals surface area contributed by atoms with Crippen molar-refractivity contribution in [3.05, 3.63) is 90.1 Å². The van der Waals surface area contributed by atoms with Gasteiger partial charge in [0, 0.05) is 11.6 Å². The van der Waals surface area contributed by atoms with Gasteiger partial charge in [0.25, 0.3) is 0 Å². The smallest absolute Gasteiger partial charge is 0.310 e. The van der Waals surface area contributed by atoms with Crippen LogP contribution in [0.5, 0.6) is 0 Å². The Bertz CT molecular complexity index is 1040. The molecule has 0 saturated heterocycles. The summed E-state index contributed by atoms with van der Waals surface area (Å²) in [6, 6.07) is 25.5. The molecule has 0 saturated carbocycles. The molecule has 0 aliphatic rings. The van der Waals surface area contributed by atoms with Gasteiger partial charge in [-0.1, -0.05) is 78.0 Å². The molecule has 26 heavy (non-hydrogen) atoms. The number of hydrogen-bond donors (Lipinski definition) is 0. The summed E-state index contributed by atoms with van der Waals surface area (Å²) >= 11 is 0. The van der Waals surface area contributed by atoms with Crippen molar-refractivity contribution in [3.63, 3.8) is 0 Å². The zero-order valence-electron chi connectivity index (χ0n) is 14.1. The minimum Gasteiger partial charge on any atom is -0.459 e. The van der Waals surface area contributed by atoms with Crippen LogP contribution in [0, 0.1) is 0 Å². The summed E-state index contributed by atoms with van der Waals surface area (Å²) in [4.78, 5) is 12.1. The van der Waals surface area contributed by atoms with E-state index in [-0.39, 0.29) is 19.0 Å². The van der Waals surface area contributed by atoms with Crippen LogP contribution in [0.3, 0.4) is 0 Å². The van der Waals surface area contributed by atoms with Crippen LogP contribution in [0.25, 0.3) is 22.1 Å². The second kappa shape index (κ2) is 7.23. The minimum atomic E-state index is -0.287. The van der Waals surface area contributed by atoms with Gasteiger partial charge in [-0.05, 0) is 16.3 Å². The lowest BCUT2D eigenvalue weighted by molar-refractivity contribution is -0.144. The first kappa shape index (κ1) is 16.1. The van der Waals surface area contributed by atoms with E-state index in [1.165, 1.54) is 0 Å². The van der Waals surface area contributed by atoms with Gasteiger partial charge in [0.2, 0.25) is 0 Å². The summed E-state index contributed by atoms with van der Waals surface area (Å²) in [6.07, 6.45) is 0.230. The lowest BCUT2D eigenvalue weighted by atomic mass is 10.1. The van der Waals surface area contributed by atoms with Crippen molar-refractivity contribution in [3.8, 4) is 11.3 Å². The molecule has 0 unspecified atom stereocenters. The van der Waals surface area contributed by atoms with Gasteiger partial charge in [0.05, 0.1) is 6.42 Å². The first-order valence-electron chi connectivity index (χ1n) is 8.42. The number of aromatic nitrogens is 1. The van der Waals surface area contributed by atoms with Crippen LogP contribution in [0.2, 0.25) is 0 Å². The molecule has 0 aliphatic heterocycles. The summed E-state index contributed by atoms with van der Waals surface area (Å²) in [5.41, 5.74) is 2.46. The average molecular weight is 343 g/mol. The van der Waals surface area contributed by atoms with Gasteiger partial charge < -0.3 is 9.26 Å². The third kappa shape index (κ3) is 3.64. The fraction of sp³-hybridized carbons (Fsp3) is 0.0909. The summed E-state index contributed by atoms with van der Waals surface area (Å²) in [5.74, 6) is 0.371. The van der Waals surface area contributed by atoms with E-state index in [9.17, 15) is 4.79 Å². The molecule has 4 heteroatoms. The summed E-state index contributed by atoms with van der Waals surface area (Å²) in [7, 11) is 0. The maximum absolute atomic E-state index is 12.1. The second-order valence-electron chi connectivity index (χ2n) is 6.07. The van der Waals surface area contributed by atoms with Gasteiger partial charge >= 0.3 is 5.97 Å². The second-order valence-corrected chi connectivity index (χ2v) is 6.07. The summed E-state index contributed by atoms with van der Waals surface area (Å²) in [5, 5.41) is 6.23. The van der Waals surface area contributed by atoms with Gasteiger partial charge in [-0.3, -0.25) is 4.79 Å². The molecule has 0 radical (unpaired) electrons. The molecule has 1 aromatic heterocycles. The number of rotatable bonds is 5. The van der Waals surface area contributed by atoms with E-state index in [0.29, 0.717) is 11.5 Å². The van der Waals surface area contributed by atoms with Gasteiger partial charge in [-0.25, -0.2) is 0 Å². The molecule has 1 heterocycles. The predicted octanol–water partition coefficient (Wildman–Crippen LogP) is 4.78. The standard InChI is InChI=1S/C22H17NO3/c24-22(13-16-10-11-17-6-4-5-9-19(17)12-16)25-15-20-14-21(26-23-20)18-7-2-1-3-8-18/h1-12,14H,13,15H2. The van der Waals surface area contributed by atoms with E-state index in [1.54, 1.807) is 6.07 Å². The Balaban J connectivity index is 1.37. The van der Waals surface area contributed by atoms with E-state index in [4.69, 9.17) is 9.26 Å². The SMILES string of the molecule is O=C(Cc1ccc2ccccc2c1)OCc1cc(-c2ccccc2)on1. The van der Waals surface area contributed by atoms with Crippen molar-refractivity contribution >= 4 is 16.7 Å². The lowest BCUT2D eigenvalue weighted by Gasteiger charge is -2.04. The highest BCUT2D eigenvalue weighted by Crippen LogP contribution is 2.20. The molecular formula is C22H17NO3. The monoisotopic (exact) mass is 343 g/mol. The van der Waals surface area contributed by atoms with Gasteiger partial charge in [-0.15, -0.1) is 0 Å². The van der Waals surface area contributed by atoms with E-state index in [2.05, 4.69) is 5.16 Å². The van der Waals surface area contributed by atoms with Crippen LogP contribution in [0.15, 0.2) is 83.4 Å². The molecule has 128 valence electrons. The minimum absolute atomic E-state index is 0.0999. The van der Waals surface area contributed by atoms with Crippen LogP contribution >= 0.6 is 0 Å². The van der Waals surface area contributed by atoms with E-state index in [0.717, 1.165) is 21.9 Å². The molecule has 4 rings (SSSR count). The Hall–Kier alpha value is -3.40. The first-order chi connectivity index (χ1) is 12.8. The van der Waals surface area contributed by atoms with Crippen LogP contribution in [0.1, 0.15) is 11.3 Å². The fourth-order valence-corrected chi connectivity index (χ4v) is 2.84. The highest BCUT2D eigenvalue weighted by Gasteiger charge is 2.10. The molecule has 0 amide bonds. The lowest BCUT2D eigenvalue weighted by Crippen LogP contribution is -2.08. The van der Waals surface area contributed by atoms with Crippen LogP contribution in [-0.2, 0) is 22.6 Å². The molecule has 4 aromatic rings. The Morgan fingerprint density at radius 3 is 2.50 bits per heavy atom. The van der Waals surface area contributed by atoms with E-state index >= 15 is 0 Å². The van der Waals surface area contributed by atoms with Gasteiger partial charge in [0.15, 0.2) is 5.76 Å². The number of ether oxygens (including phenoxy) is 1. The molecule has 0 aliphatic carbocycles. The molecule has 0 spiro atoms. The molecule has 4 nitrogen and oxygen atoms in total. The average Bonchev–Trinajstić information content (AvgIpc) is 3.16. The number of nitrogens with zero attached hydrogens (tertiary/aromatic N) is 1. The van der Waals surface area contributed by atoms with Crippen molar-refractivity contribution in [2.75, 3.05) is 0 Å². The molecule has 0 fully saturated rings. The Morgan fingerprint density at radius 1 is 0.885 bits per heavy atom. The van der Waals surface area contributed by atoms with Crippen molar-refractivity contribution < 1.29 is 14.1 Å². The van der Waals surface area contributed by atoms with Crippen LogP contribution in [0.4, 0.5) is 0 Å². The summed E-state index contributed by atoms with van der Waals surface area (Å²) in [6.45, 7) is 0.0999. The molecule has 0 bridgehead atoms. The van der Waals surface area contributed by atoms with Crippen LogP contribution < -0.4 is 0 Å². The largest absolute Gasteiger partial charge is 0.459 e. The highest BCUT2D eigenvalue weighted by molar-refractivity contribution is 5.84. The van der Waals surface area contributed by atoms with Crippen molar-refractivity contribution in [2.45, 2.75) is 13.0 Å². The van der Waals surface area contributed by atoms with Crippen molar-refractivity contribution in [2.24, 2.45) is 0 Å². The number of esters is 1. The maximum atomic E-state index is 12.1. The molecule has 0 N–H and O–H groups in total. The number of carbonyl (C=O) groups is 1. The topological polar surface area (TPSA) is 52.3 Å². The van der Waals surface area contributed by atoms with E-state index < -0.39 is 0 Å². The number of fused-ring (bicyclic) bond motifs is 1. The first-order valence-corrected chi connectivity index (χ1v) is 8.42. The quantitative estimate of drug-likeness (QED) is 0.489. The number of hydrogen-bond acceptors (Lipinski definition) is 4. The molecule has 3 aromatic carbocycles. The Labute approximate surface area is 151 Å².